The zero-order chi connectivity index (χ0) is 26.5. The summed E-state index contributed by atoms with van der Waals surface area (Å²) in [6.07, 6.45) is 3.12. The first-order valence-corrected chi connectivity index (χ1v) is 14.2. The molecule has 0 saturated heterocycles. The molecule has 1 heterocycles. The number of sulfonamides is 1. The molecule has 0 radical (unpaired) electrons. The van der Waals surface area contributed by atoms with Crippen LogP contribution in [0.4, 0.5) is 0 Å². The number of imidazole rings is 1. The fourth-order valence-electron chi connectivity index (χ4n) is 4.57. The molecule has 0 fully saturated rings. The second-order valence-corrected chi connectivity index (χ2v) is 10.9. The number of aromatic nitrogens is 2. The summed E-state index contributed by atoms with van der Waals surface area (Å²) in [5.41, 5.74) is 5.02. The van der Waals surface area contributed by atoms with Crippen LogP contribution in [0.3, 0.4) is 0 Å². The standard InChI is InChI=1S/C31H29N3O3S/c1-2-3-17-30-32-28-15-9-10-16-29(28)34(30)22-23-18-20-24(21-19-23)26-13-7-8-14-27(26)31(35)33-38(36,37)25-11-5-4-6-12-25/h4-16,18-21H,2-3,17,22H2,1H3,(H,33,35). The Kier molecular flexibility index (Phi) is 7.38. The number of fused-ring (bicyclic) bond motifs is 1. The zero-order valence-corrected chi connectivity index (χ0v) is 22.0. The molecule has 192 valence electrons. The fraction of sp³-hybridized carbons (Fsp3) is 0.161. The normalized spacial score (nSPS) is 11.5. The summed E-state index contributed by atoms with van der Waals surface area (Å²) in [6, 6.07) is 31.1. The second kappa shape index (κ2) is 11.0. The van der Waals surface area contributed by atoms with E-state index in [9.17, 15) is 13.2 Å². The van der Waals surface area contributed by atoms with Crippen molar-refractivity contribution in [3.8, 4) is 11.1 Å². The van der Waals surface area contributed by atoms with Gasteiger partial charge in [-0.25, -0.2) is 18.1 Å². The first-order valence-electron chi connectivity index (χ1n) is 12.7. The summed E-state index contributed by atoms with van der Waals surface area (Å²) in [4.78, 5) is 18.0. The van der Waals surface area contributed by atoms with Gasteiger partial charge in [-0.05, 0) is 53.4 Å². The van der Waals surface area contributed by atoms with E-state index in [0.717, 1.165) is 47.2 Å². The first-order chi connectivity index (χ1) is 18.5. The van der Waals surface area contributed by atoms with Gasteiger partial charge in [0.1, 0.15) is 5.82 Å². The largest absolute Gasteiger partial charge is 0.323 e. The van der Waals surface area contributed by atoms with Crippen molar-refractivity contribution >= 4 is 27.0 Å². The van der Waals surface area contributed by atoms with E-state index in [2.05, 4.69) is 22.3 Å². The highest BCUT2D eigenvalue weighted by atomic mass is 32.2. The first kappa shape index (κ1) is 25.4. The minimum Gasteiger partial charge on any atom is -0.323 e. The number of hydrogen-bond acceptors (Lipinski definition) is 4. The molecule has 38 heavy (non-hydrogen) atoms. The minimum atomic E-state index is -3.98. The van der Waals surface area contributed by atoms with Crippen LogP contribution < -0.4 is 4.72 Å². The predicted octanol–water partition coefficient (Wildman–Crippen LogP) is 6.21. The molecular weight excluding hydrogens is 494 g/mol. The van der Waals surface area contributed by atoms with Crippen molar-refractivity contribution in [3.63, 3.8) is 0 Å². The number of carbonyl (C=O) groups is 1. The van der Waals surface area contributed by atoms with E-state index in [1.165, 1.54) is 12.1 Å². The highest BCUT2D eigenvalue weighted by Gasteiger charge is 2.21. The Morgan fingerprint density at radius 3 is 2.29 bits per heavy atom. The van der Waals surface area contributed by atoms with Gasteiger partial charge in [0.05, 0.1) is 15.9 Å². The quantitative estimate of drug-likeness (QED) is 0.249. The number of nitrogens with zero attached hydrogens (tertiary/aromatic N) is 2. The molecule has 7 heteroatoms. The number of carbonyl (C=O) groups excluding carboxylic acids is 1. The van der Waals surface area contributed by atoms with E-state index in [1.54, 1.807) is 30.3 Å². The van der Waals surface area contributed by atoms with Crippen LogP contribution in [0.5, 0.6) is 0 Å². The van der Waals surface area contributed by atoms with Gasteiger partial charge in [-0.2, -0.15) is 0 Å². The summed E-state index contributed by atoms with van der Waals surface area (Å²) in [6.45, 7) is 2.87. The van der Waals surface area contributed by atoms with E-state index < -0.39 is 15.9 Å². The average molecular weight is 524 g/mol. The van der Waals surface area contributed by atoms with E-state index >= 15 is 0 Å². The van der Waals surface area contributed by atoms with Crippen LogP contribution in [-0.2, 0) is 23.0 Å². The maximum absolute atomic E-state index is 13.1. The monoisotopic (exact) mass is 523 g/mol. The van der Waals surface area contributed by atoms with E-state index in [4.69, 9.17) is 4.98 Å². The summed E-state index contributed by atoms with van der Waals surface area (Å²) in [7, 11) is -3.98. The molecule has 1 amide bonds. The van der Waals surface area contributed by atoms with Crippen LogP contribution in [0.1, 0.15) is 41.5 Å². The molecule has 6 nitrogen and oxygen atoms in total. The predicted molar refractivity (Wildman–Crippen MR) is 150 cm³/mol. The summed E-state index contributed by atoms with van der Waals surface area (Å²) < 4.78 is 29.9. The van der Waals surface area contributed by atoms with Crippen molar-refractivity contribution in [3.05, 3.63) is 120 Å². The Morgan fingerprint density at radius 1 is 0.842 bits per heavy atom. The highest BCUT2D eigenvalue weighted by molar-refractivity contribution is 7.90. The maximum Gasteiger partial charge on any atom is 0.265 e. The average Bonchev–Trinajstić information content (AvgIpc) is 3.29. The molecule has 4 aromatic carbocycles. The van der Waals surface area contributed by atoms with Crippen LogP contribution >= 0.6 is 0 Å². The van der Waals surface area contributed by atoms with Gasteiger partial charge in [0.25, 0.3) is 15.9 Å². The number of aryl methyl sites for hydroxylation is 1. The van der Waals surface area contributed by atoms with Crippen LogP contribution in [0.25, 0.3) is 22.2 Å². The molecule has 5 rings (SSSR count). The molecule has 0 aliphatic heterocycles. The van der Waals surface area contributed by atoms with E-state index in [-0.39, 0.29) is 4.90 Å². The Morgan fingerprint density at radius 2 is 1.53 bits per heavy atom. The van der Waals surface area contributed by atoms with Crippen LogP contribution in [0, 0.1) is 0 Å². The number of rotatable bonds is 9. The molecule has 0 unspecified atom stereocenters. The summed E-state index contributed by atoms with van der Waals surface area (Å²) in [5, 5.41) is 0. The molecule has 5 aromatic rings. The molecule has 1 aromatic heterocycles. The molecule has 0 bridgehead atoms. The lowest BCUT2D eigenvalue weighted by molar-refractivity contribution is 0.0982. The fourth-order valence-corrected chi connectivity index (χ4v) is 5.56. The lowest BCUT2D eigenvalue weighted by Crippen LogP contribution is -2.30. The van der Waals surface area contributed by atoms with Crippen molar-refractivity contribution < 1.29 is 13.2 Å². The maximum atomic E-state index is 13.1. The van der Waals surface area contributed by atoms with Crippen molar-refractivity contribution in [1.29, 1.82) is 0 Å². The molecule has 0 spiro atoms. The van der Waals surface area contributed by atoms with Crippen molar-refractivity contribution in [2.75, 3.05) is 0 Å². The Bertz CT molecular complexity index is 1680. The van der Waals surface area contributed by atoms with Gasteiger partial charge in [-0.15, -0.1) is 0 Å². The van der Waals surface area contributed by atoms with Crippen molar-refractivity contribution in [2.45, 2.75) is 37.6 Å². The van der Waals surface area contributed by atoms with Gasteiger partial charge in [0.15, 0.2) is 0 Å². The third-order valence-corrected chi connectivity index (χ3v) is 7.89. The third kappa shape index (κ3) is 5.38. The van der Waals surface area contributed by atoms with E-state index in [0.29, 0.717) is 17.7 Å². The van der Waals surface area contributed by atoms with E-state index in [1.807, 2.05) is 54.6 Å². The van der Waals surface area contributed by atoms with Crippen LogP contribution in [0.2, 0.25) is 0 Å². The summed E-state index contributed by atoms with van der Waals surface area (Å²) >= 11 is 0. The molecule has 0 aliphatic carbocycles. The highest BCUT2D eigenvalue weighted by Crippen LogP contribution is 2.26. The Labute approximate surface area is 223 Å². The lowest BCUT2D eigenvalue weighted by atomic mass is 9.98. The number of nitrogens with one attached hydrogen (secondary N) is 1. The summed E-state index contributed by atoms with van der Waals surface area (Å²) in [5.74, 6) is 0.415. The second-order valence-electron chi connectivity index (χ2n) is 9.20. The number of unbranched alkanes of at least 4 members (excludes halogenated alkanes) is 1. The molecular formula is C31H29N3O3S. The number of para-hydroxylation sites is 2. The Balaban J connectivity index is 1.40. The van der Waals surface area contributed by atoms with Gasteiger partial charge in [0.2, 0.25) is 0 Å². The van der Waals surface area contributed by atoms with Crippen molar-refractivity contribution in [2.24, 2.45) is 0 Å². The van der Waals surface area contributed by atoms with Gasteiger partial charge >= 0.3 is 0 Å². The Hall–Kier alpha value is -4.23. The topological polar surface area (TPSA) is 81.1 Å². The van der Waals surface area contributed by atoms with Crippen LogP contribution in [0.15, 0.2) is 108 Å². The lowest BCUT2D eigenvalue weighted by Gasteiger charge is -2.13. The minimum absolute atomic E-state index is 0.0421. The van der Waals surface area contributed by atoms with Crippen molar-refractivity contribution in [1.82, 2.24) is 14.3 Å². The van der Waals surface area contributed by atoms with Gasteiger partial charge in [-0.1, -0.05) is 86.1 Å². The molecule has 0 atom stereocenters. The van der Waals surface area contributed by atoms with Gasteiger partial charge in [0, 0.05) is 18.5 Å². The molecule has 0 aliphatic rings. The molecule has 1 N–H and O–H groups in total. The zero-order valence-electron chi connectivity index (χ0n) is 21.2. The smallest absolute Gasteiger partial charge is 0.265 e. The van der Waals surface area contributed by atoms with Crippen LogP contribution in [-0.4, -0.2) is 23.9 Å². The third-order valence-electron chi connectivity index (χ3n) is 6.55. The number of amides is 1. The number of hydrogen-bond donors (Lipinski definition) is 1. The van der Waals surface area contributed by atoms with Gasteiger partial charge in [-0.3, -0.25) is 4.79 Å². The molecule has 0 saturated carbocycles. The number of benzene rings is 4. The SMILES string of the molecule is CCCCc1nc2ccccc2n1Cc1ccc(-c2ccccc2C(=O)NS(=O)(=O)c2ccccc2)cc1. The van der Waals surface area contributed by atoms with Gasteiger partial charge < -0.3 is 4.57 Å².